The molecule has 0 aliphatic rings. The maximum atomic E-state index is 12.2. The van der Waals surface area contributed by atoms with Gasteiger partial charge in [0.2, 0.25) is 5.91 Å². The third-order valence-corrected chi connectivity index (χ3v) is 3.41. The lowest BCUT2D eigenvalue weighted by Gasteiger charge is -2.13. The van der Waals surface area contributed by atoms with Crippen LogP contribution in [0.25, 0.3) is 10.9 Å². The molecule has 0 bridgehead atoms. The zero-order chi connectivity index (χ0) is 14.5. The topological polar surface area (TPSA) is 68.0 Å². The van der Waals surface area contributed by atoms with E-state index in [1.165, 1.54) is 0 Å². The summed E-state index contributed by atoms with van der Waals surface area (Å²) in [5.74, 6) is -0.0205. The van der Waals surface area contributed by atoms with Crippen molar-refractivity contribution < 1.29 is 4.79 Å². The first-order valence-corrected chi connectivity index (χ1v) is 6.99. The Morgan fingerprint density at radius 3 is 2.90 bits per heavy atom. The average molecular weight is 271 g/mol. The number of nitrogens with zero attached hydrogens (tertiary/aromatic N) is 1. The SMILES string of the molecule is Cc1ccc2cccc(NC(=O)C(C)CCCN)c2n1. The molecule has 4 nitrogen and oxygen atoms in total. The Bertz CT molecular complexity index is 610. The number of rotatable bonds is 5. The minimum absolute atomic E-state index is 0.0225. The van der Waals surface area contributed by atoms with Crippen molar-refractivity contribution in [2.24, 2.45) is 11.7 Å². The largest absolute Gasteiger partial charge is 0.330 e. The molecule has 0 saturated heterocycles. The van der Waals surface area contributed by atoms with Crippen molar-refractivity contribution in [3.05, 3.63) is 36.0 Å². The van der Waals surface area contributed by atoms with Gasteiger partial charge in [-0.05, 0) is 38.4 Å². The Morgan fingerprint density at radius 1 is 1.35 bits per heavy atom. The van der Waals surface area contributed by atoms with Crippen LogP contribution in [0.5, 0.6) is 0 Å². The van der Waals surface area contributed by atoms with Gasteiger partial charge in [-0.3, -0.25) is 9.78 Å². The number of fused-ring (bicyclic) bond motifs is 1. The Balaban J connectivity index is 2.21. The maximum absolute atomic E-state index is 12.2. The molecule has 1 aromatic carbocycles. The van der Waals surface area contributed by atoms with Crippen LogP contribution in [-0.4, -0.2) is 17.4 Å². The summed E-state index contributed by atoms with van der Waals surface area (Å²) >= 11 is 0. The molecule has 106 valence electrons. The van der Waals surface area contributed by atoms with Crippen LogP contribution in [0.3, 0.4) is 0 Å². The van der Waals surface area contributed by atoms with Gasteiger partial charge >= 0.3 is 0 Å². The van der Waals surface area contributed by atoms with E-state index >= 15 is 0 Å². The summed E-state index contributed by atoms with van der Waals surface area (Å²) in [5, 5.41) is 4.01. The molecule has 20 heavy (non-hydrogen) atoms. The van der Waals surface area contributed by atoms with Crippen molar-refractivity contribution in [2.75, 3.05) is 11.9 Å². The number of hydrogen-bond acceptors (Lipinski definition) is 3. The van der Waals surface area contributed by atoms with E-state index in [2.05, 4.69) is 10.3 Å². The van der Waals surface area contributed by atoms with Gasteiger partial charge in [0.1, 0.15) is 0 Å². The van der Waals surface area contributed by atoms with Gasteiger partial charge in [-0.2, -0.15) is 0 Å². The molecule has 4 heteroatoms. The number of anilines is 1. The van der Waals surface area contributed by atoms with Gasteiger partial charge in [0.15, 0.2) is 0 Å². The highest BCUT2D eigenvalue weighted by Gasteiger charge is 2.14. The fourth-order valence-corrected chi connectivity index (χ4v) is 2.16. The lowest BCUT2D eigenvalue weighted by Crippen LogP contribution is -2.21. The number of nitrogens with two attached hydrogens (primary N) is 1. The summed E-state index contributed by atoms with van der Waals surface area (Å²) in [5.41, 5.74) is 8.03. The number of amides is 1. The fourth-order valence-electron chi connectivity index (χ4n) is 2.16. The van der Waals surface area contributed by atoms with Gasteiger partial charge in [0.05, 0.1) is 11.2 Å². The monoisotopic (exact) mass is 271 g/mol. The minimum atomic E-state index is -0.0429. The molecule has 2 rings (SSSR count). The minimum Gasteiger partial charge on any atom is -0.330 e. The quantitative estimate of drug-likeness (QED) is 0.878. The molecular formula is C16H21N3O. The second-order valence-corrected chi connectivity index (χ2v) is 5.15. The first-order chi connectivity index (χ1) is 9.61. The standard InChI is InChI=1S/C16H21N3O/c1-11(5-4-10-17)16(20)19-14-7-3-6-13-9-8-12(2)18-15(13)14/h3,6-9,11H,4-5,10,17H2,1-2H3,(H,19,20). The second-order valence-electron chi connectivity index (χ2n) is 5.15. The molecule has 1 amide bonds. The first kappa shape index (κ1) is 14.5. The third kappa shape index (κ3) is 3.33. The predicted octanol–water partition coefficient (Wildman–Crippen LogP) is 2.86. The molecule has 1 unspecified atom stereocenters. The number of aryl methyl sites for hydroxylation is 1. The van der Waals surface area contributed by atoms with Gasteiger partial charge in [0.25, 0.3) is 0 Å². The number of aromatic nitrogens is 1. The normalized spacial score (nSPS) is 12.3. The summed E-state index contributed by atoms with van der Waals surface area (Å²) in [6, 6.07) is 9.81. The molecule has 0 spiro atoms. The number of hydrogen-bond donors (Lipinski definition) is 2. The van der Waals surface area contributed by atoms with Crippen LogP contribution in [-0.2, 0) is 4.79 Å². The lowest BCUT2D eigenvalue weighted by molar-refractivity contribution is -0.119. The first-order valence-electron chi connectivity index (χ1n) is 6.99. The van der Waals surface area contributed by atoms with Gasteiger partial charge < -0.3 is 11.1 Å². The van der Waals surface area contributed by atoms with Gasteiger partial charge in [0, 0.05) is 17.0 Å². The number of nitrogens with one attached hydrogen (secondary N) is 1. The van der Waals surface area contributed by atoms with Crippen LogP contribution in [0.2, 0.25) is 0 Å². The molecule has 0 fully saturated rings. The van der Waals surface area contributed by atoms with Gasteiger partial charge in [-0.1, -0.05) is 25.1 Å². The molecule has 1 heterocycles. The van der Waals surface area contributed by atoms with Crippen molar-refractivity contribution in [3.63, 3.8) is 0 Å². The highest BCUT2D eigenvalue weighted by atomic mass is 16.1. The number of para-hydroxylation sites is 1. The summed E-state index contributed by atoms with van der Waals surface area (Å²) < 4.78 is 0. The van der Waals surface area contributed by atoms with Crippen molar-refractivity contribution in [2.45, 2.75) is 26.7 Å². The Kier molecular flexibility index (Phi) is 4.69. The zero-order valence-electron chi connectivity index (χ0n) is 12.0. The van der Waals surface area contributed by atoms with Crippen LogP contribution in [0.4, 0.5) is 5.69 Å². The average Bonchev–Trinajstić information content (AvgIpc) is 2.45. The van der Waals surface area contributed by atoms with Gasteiger partial charge in [-0.25, -0.2) is 0 Å². The molecular weight excluding hydrogens is 250 g/mol. The smallest absolute Gasteiger partial charge is 0.227 e. The summed E-state index contributed by atoms with van der Waals surface area (Å²) in [6.45, 7) is 4.49. The summed E-state index contributed by atoms with van der Waals surface area (Å²) in [4.78, 5) is 16.7. The third-order valence-electron chi connectivity index (χ3n) is 3.41. The number of pyridine rings is 1. The van der Waals surface area contributed by atoms with Gasteiger partial charge in [-0.15, -0.1) is 0 Å². The summed E-state index contributed by atoms with van der Waals surface area (Å²) in [6.07, 6.45) is 1.67. The van der Waals surface area contributed by atoms with Crippen molar-refractivity contribution >= 4 is 22.5 Å². The number of carbonyl (C=O) groups excluding carboxylic acids is 1. The summed E-state index contributed by atoms with van der Waals surface area (Å²) in [7, 11) is 0. The molecule has 1 aromatic heterocycles. The van der Waals surface area contributed by atoms with Crippen molar-refractivity contribution in [1.29, 1.82) is 0 Å². The molecule has 0 saturated carbocycles. The molecule has 3 N–H and O–H groups in total. The molecule has 0 aliphatic carbocycles. The Hall–Kier alpha value is -1.94. The van der Waals surface area contributed by atoms with Crippen LogP contribution in [0, 0.1) is 12.8 Å². The highest BCUT2D eigenvalue weighted by Crippen LogP contribution is 2.22. The predicted molar refractivity (Wildman–Crippen MR) is 82.6 cm³/mol. The van der Waals surface area contributed by atoms with E-state index < -0.39 is 0 Å². The lowest BCUT2D eigenvalue weighted by atomic mass is 10.0. The number of carbonyl (C=O) groups is 1. The maximum Gasteiger partial charge on any atom is 0.227 e. The Morgan fingerprint density at radius 2 is 2.15 bits per heavy atom. The molecule has 2 aromatic rings. The van der Waals surface area contributed by atoms with Crippen LogP contribution in [0.1, 0.15) is 25.5 Å². The van der Waals surface area contributed by atoms with Crippen LogP contribution >= 0.6 is 0 Å². The molecule has 0 aliphatic heterocycles. The van der Waals surface area contributed by atoms with E-state index in [0.717, 1.165) is 35.1 Å². The van der Waals surface area contributed by atoms with E-state index in [1.807, 2.05) is 44.2 Å². The second kappa shape index (κ2) is 6.48. The van der Waals surface area contributed by atoms with Crippen LogP contribution < -0.4 is 11.1 Å². The van der Waals surface area contributed by atoms with Crippen molar-refractivity contribution in [3.8, 4) is 0 Å². The fraction of sp³-hybridized carbons (Fsp3) is 0.375. The van der Waals surface area contributed by atoms with E-state index in [4.69, 9.17) is 5.73 Å². The zero-order valence-corrected chi connectivity index (χ0v) is 12.0. The van der Waals surface area contributed by atoms with Crippen molar-refractivity contribution in [1.82, 2.24) is 4.98 Å². The van der Waals surface area contributed by atoms with E-state index in [0.29, 0.717) is 6.54 Å². The van der Waals surface area contributed by atoms with E-state index in [1.54, 1.807) is 0 Å². The molecule has 1 atom stereocenters. The van der Waals surface area contributed by atoms with E-state index in [-0.39, 0.29) is 11.8 Å². The number of benzene rings is 1. The highest BCUT2D eigenvalue weighted by molar-refractivity contribution is 6.00. The van der Waals surface area contributed by atoms with E-state index in [9.17, 15) is 4.79 Å². The van der Waals surface area contributed by atoms with Crippen LogP contribution in [0.15, 0.2) is 30.3 Å². The Labute approximate surface area is 119 Å². The molecule has 0 radical (unpaired) electrons.